The van der Waals surface area contributed by atoms with E-state index < -0.39 is 41.4 Å². The molecule has 0 saturated heterocycles. The molecule has 11 heteroatoms. The molecule has 0 aliphatic carbocycles. The molecule has 8 nitrogen and oxygen atoms in total. The van der Waals surface area contributed by atoms with E-state index in [-0.39, 0.29) is 10.7 Å². The molecule has 3 aromatic carbocycles. The van der Waals surface area contributed by atoms with E-state index in [1.54, 1.807) is 68.4 Å². The number of rotatable bonds is 7. The molecule has 0 unspecified atom stereocenters. The van der Waals surface area contributed by atoms with E-state index in [1.165, 1.54) is 18.2 Å². The normalized spacial score (nSPS) is 11.9. The van der Waals surface area contributed by atoms with Crippen molar-refractivity contribution < 1.29 is 21.6 Å². The van der Waals surface area contributed by atoms with Crippen LogP contribution < -0.4 is 5.32 Å². The Morgan fingerprint density at radius 1 is 0.944 bits per heavy atom. The topological polar surface area (TPSA) is 126 Å². The first-order valence-corrected chi connectivity index (χ1v) is 14.2. The zero-order chi connectivity index (χ0) is 26.1. The number of H-pyrrole nitrogens is 1. The number of halogens is 1. The van der Waals surface area contributed by atoms with Crippen LogP contribution in [-0.2, 0) is 24.5 Å². The zero-order valence-corrected chi connectivity index (χ0v) is 21.7. The van der Waals surface area contributed by atoms with Crippen LogP contribution in [0.5, 0.6) is 0 Å². The number of nitrogens with zero attached hydrogens (tertiary/aromatic N) is 1. The molecule has 0 radical (unpaired) electrons. The summed E-state index contributed by atoms with van der Waals surface area (Å²) in [6, 6.07) is 19.3. The number of aromatic nitrogens is 2. The van der Waals surface area contributed by atoms with E-state index in [4.69, 9.17) is 11.6 Å². The number of carbonyl (C=O) groups is 1. The maximum absolute atomic E-state index is 13.5. The van der Waals surface area contributed by atoms with Crippen molar-refractivity contribution in [3.63, 3.8) is 0 Å². The summed E-state index contributed by atoms with van der Waals surface area (Å²) < 4.78 is 53.6. The van der Waals surface area contributed by atoms with Crippen molar-refractivity contribution in [1.29, 1.82) is 0 Å². The molecule has 4 aromatic rings. The van der Waals surface area contributed by atoms with E-state index >= 15 is 0 Å². The summed E-state index contributed by atoms with van der Waals surface area (Å²) in [5.41, 5.74) is 2.35. The van der Waals surface area contributed by atoms with Crippen LogP contribution >= 0.6 is 11.6 Å². The van der Waals surface area contributed by atoms with E-state index in [0.29, 0.717) is 21.8 Å². The third-order valence-corrected chi connectivity index (χ3v) is 8.99. The van der Waals surface area contributed by atoms with Crippen molar-refractivity contribution in [2.24, 2.45) is 0 Å². The molecule has 186 valence electrons. The maximum Gasteiger partial charge on any atom is 0.240 e. The minimum Gasteiger partial charge on any atom is -0.328 e. The summed E-state index contributed by atoms with van der Waals surface area (Å²) in [7, 11) is -8.80. The van der Waals surface area contributed by atoms with E-state index in [1.807, 2.05) is 0 Å². The van der Waals surface area contributed by atoms with Crippen LogP contribution in [0.4, 0.5) is 5.69 Å². The molecule has 1 aromatic heterocycles. The van der Waals surface area contributed by atoms with Crippen LogP contribution in [-0.4, -0.2) is 38.5 Å². The van der Waals surface area contributed by atoms with Gasteiger partial charge in [0, 0.05) is 16.3 Å². The fourth-order valence-corrected chi connectivity index (χ4v) is 6.70. The van der Waals surface area contributed by atoms with Crippen molar-refractivity contribution in [3.05, 3.63) is 88.9 Å². The van der Waals surface area contributed by atoms with Gasteiger partial charge in [0.05, 0.1) is 4.90 Å². The first-order chi connectivity index (χ1) is 17.0. The molecular weight excluding hydrogens is 522 g/mol. The SMILES string of the molecule is Cc1ccc(S(=O)(=O)c2[nH]c(-c3ccccc3)nc2S(=O)(=O)CC(=O)Nc2cc(Cl)ccc2C)cc1. The highest BCUT2D eigenvalue weighted by Gasteiger charge is 2.34. The number of benzene rings is 3. The molecule has 0 fully saturated rings. The fraction of sp³-hybridized carbons (Fsp3) is 0.120. The fourth-order valence-electron chi connectivity index (χ4n) is 3.46. The maximum atomic E-state index is 13.5. The van der Waals surface area contributed by atoms with Gasteiger partial charge in [-0.1, -0.05) is 65.7 Å². The summed E-state index contributed by atoms with van der Waals surface area (Å²) >= 11 is 5.98. The Balaban J connectivity index is 1.77. The monoisotopic (exact) mass is 543 g/mol. The van der Waals surface area contributed by atoms with Crippen molar-refractivity contribution in [2.75, 3.05) is 11.1 Å². The van der Waals surface area contributed by atoms with Crippen LogP contribution in [0.25, 0.3) is 11.4 Å². The van der Waals surface area contributed by atoms with Gasteiger partial charge < -0.3 is 10.3 Å². The Morgan fingerprint density at radius 3 is 2.28 bits per heavy atom. The first-order valence-electron chi connectivity index (χ1n) is 10.7. The van der Waals surface area contributed by atoms with Crippen LogP contribution in [0.2, 0.25) is 5.02 Å². The summed E-state index contributed by atoms with van der Waals surface area (Å²) in [6.45, 7) is 3.53. The minimum atomic E-state index is -4.49. The number of imidazole rings is 1. The number of hydrogen-bond acceptors (Lipinski definition) is 6. The summed E-state index contributed by atoms with van der Waals surface area (Å²) in [5.74, 6) is -1.83. The van der Waals surface area contributed by atoms with Crippen molar-refractivity contribution >= 4 is 42.9 Å². The minimum absolute atomic E-state index is 0.0472. The van der Waals surface area contributed by atoms with Gasteiger partial charge in [-0.15, -0.1) is 0 Å². The molecule has 0 saturated carbocycles. The molecular formula is C25H22ClN3O5S2. The first kappa shape index (κ1) is 25.6. The Morgan fingerprint density at radius 2 is 1.61 bits per heavy atom. The quantitative estimate of drug-likeness (QED) is 0.351. The van der Waals surface area contributed by atoms with Crippen LogP contribution in [0, 0.1) is 13.8 Å². The molecule has 1 amide bonds. The van der Waals surface area contributed by atoms with Gasteiger partial charge in [-0.3, -0.25) is 4.79 Å². The third kappa shape index (κ3) is 5.35. The second-order valence-corrected chi connectivity index (χ2v) is 12.4. The van der Waals surface area contributed by atoms with Gasteiger partial charge in [0.25, 0.3) is 0 Å². The summed E-state index contributed by atoms with van der Waals surface area (Å²) in [4.78, 5) is 19.4. The van der Waals surface area contributed by atoms with E-state index in [9.17, 15) is 21.6 Å². The number of nitrogens with one attached hydrogen (secondary N) is 2. The molecule has 1 heterocycles. The van der Waals surface area contributed by atoms with Crippen molar-refractivity contribution in [3.8, 4) is 11.4 Å². The summed E-state index contributed by atoms with van der Waals surface area (Å²) in [6.07, 6.45) is 0. The average Bonchev–Trinajstić information content (AvgIpc) is 3.30. The largest absolute Gasteiger partial charge is 0.328 e. The van der Waals surface area contributed by atoms with Gasteiger partial charge in [0.2, 0.25) is 25.6 Å². The highest BCUT2D eigenvalue weighted by atomic mass is 35.5. The lowest BCUT2D eigenvalue weighted by molar-refractivity contribution is -0.113. The third-order valence-electron chi connectivity index (χ3n) is 5.38. The Hall–Kier alpha value is -3.47. The molecule has 4 rings (SSSR count). The number of hydrogen-bond donors (Lipinski definition) is 2. The molecule has 0 aliphatic heterocycles. The second kappa shape index (κ2) is 9.88. The average molecular weight is 544 g/mol. The molecule has 2 N–H and O–H groups in total. The molecule has 0 atom stereocenters. The molecule has 0 bridgehead atoms. The Kier molecular flexibility index (Phi) is 7.03. The number of amides is 1. The summed E-state index contributed by atoms with van der Waals surface area (Å²) in [5, 5.41) is 1.56. The van der Waals surface area contributed by atoms with Gasteiger partial charge in [-0.05, 0) is 43.7 Å². The van der Waals surface area contributed by atoms with Crippen molar-refractivity contribution in [2.45, 2.75) is 28.8 Å². The van der Waals surface area contributed by atoms with Gasteiger partial charge in [0.1, 0.15) is 11.6 Å². The van der Waals surface area contributed by atoms with E-state index in [0.717, 1.165) is 5.56 Å². The van der Waals surface area contributed by atoms with Crippen LogP contribution in [0.1, 0.15) is 11.1 Å². The molecule has 0 aliphatic rings. The second-order valence-electron chi connectivity index (χ2n) is 8.17. The van der Waals surface area contributed by atoms with Crippen LogP contribution in [0.3, 0.4) is 0 Å². The number of sulfone groups is 2. The highest BCUT2D eigenvalue weighted by molar-refractivity contribution is 7.94. The standard InChI is InChI=1S/C25H22ClN3O5S2/c1-16-8-12-20(13-9-16)36(33,34)25-24(28-23(29-25)18-6-4-3-5-7-18)35(31,32)15-22(30)27-21-14-19(26)11-10-17(21)2/h3-14H,15H2,1-2H3,(H,27,30)(H,28,29). The number of aryl methyl sites for hydroxylation is 2. The van der Waals surface area contributed by atoms with Gasteiger partial charge in [-0.2, -0.15) is 0 Å². The number of anilines is 1. The van der Waals surface area contributed by atoms with Gasteiger partial charge in [0.15, 0.2) is 10.1 Å². The number of aromatic amines is 1. The highest BCUT2D eigenvalue weighted by Crippen LogP contribution is 2.30. The zero-order valence-electron chi connectivity index (χ0n) is 19.3. The van der Waals surface area contributed by atoms with E-state index in [2.05, 4.69) is 15.3 Å². The lowest BCUT2D eigenvalue weighted by Gasteiger charge is -2.10. The van der Waals surface area contributed by atoms with Gasteiger partial charge in [-0.25, -0.2) is 21.8 Å². The Bertz CT molecular complexity index is 1650. The lowest BCUT2D eigenvalue weighted by atomic mass is 10.2. The van der Waals surface area contributed by atoms with Gasteiger partial charge >= 0.3 is 0 Å². The number of carbonyl (C=O) groups excluding carboxylic acids is 1. The predicted molar refractivity (Wildman–Crippen MR) is 138 cm³/mol. The van der Waals surface area contributed by atoms with Crippen molar-refractivity contribution in [1.82, 2.24) is 9.97 Å². The lowest BCUT2D eigenvalue weighted by Crippen LogP contribution is -2.24. The molecule has 36 heavy (non-hydrogen) atoms. The molecule has 0 spiro atoms. The Labute approximate surface area is 214 Å². The van der Waals surface area contributed by atoms with Crippen LogP contribution in [0.15, 0.2) is 87.7 Å². The predicted octanol–water partition coefficient (Wildman–Crippen LogP) is 4.59. The smallest absolute Gasteiger partial charge is 0.240 e.